The molecule has 16 rings (SSSR count). The van der Waals surface area contributed by atoms with Crippen molar-refractivity contribution in [1.82, 2.24) is 159 Å². The van der Waals surface area contributed by atoms with E-state index < -0.39 is 0 Å². The van der Waals surface area contributed by atoms with Crippen LogP contribution in [0.2, 0.25) is 0 Å². The maximum Gasteiger partial charge on any atom is 2.00 e. The average molecular weight is 2500 g/mol. The van der Waals surface area contributed by atoms with Crippen molar-refractivity contribution in [3.05, 3.63) is 291 Å². The second-order valence-electron chi connectivity index (χ2n) is 26.6. The van der Waals surface area contributed by atoms with Crippen LogP contribution in [0.25, 0.3) is 0 Å². The predicted octanol–water partition coefficient (Wildman–Crippen LogP) is -0.468. The predicted molar refractivity (Wildman–Crippen MR) is 517 cm³/mol. The Hall–Kier alpha value is -12.4. The fourth-order valence-electron chi connectivity index (χ4n) is 9.51. The summed E-state index contributed by atoms with van der Waals surface area (Å²) in [5, 5.41) is 0. The van der Waals surface area contributed by atoms with Gasteiger partial charge in [0.15, 0.2) is 0 Å². The maximum atomic E-state index is 4.22. The molecule has 0 spiro atoms. The molecule has 0 unspecified atom stereocenters. The van der Waals surface area contributed by atoms with Gasteiger partial charge in [0.1, 0.15) is 0 Å². The molecule has 0 aliphatic heterocycles. The molecule has 147 heavy (non-hydrogen) atoms. The molecule has 0 N–H and O–H groups in total. The van der Waals surface area contributed by atoms with E-state index in [1.165, 1.54) is 101 Å². The smallest absolute Gasteiger partial charge is 1.00 e. The van der Waals surface area contributed by atoms with Crippen LogP contribution in [0.15, 0.2) is 280 Å². The van der Waals surface area contributed by atoms with E-state index in [0.717, 1.165) is 247 Å². The van der Waals surface area contributed by atoms with Gasteiger partial charge in [0.2, 0.25) is 0 Å². The van der Waals surface area contributed by atoms with Crippen LogP contribution in [-0.4, -0.2) is 284 Å². The first-order valence-corrected chi connectivity index (χ1v) is 42.4. The first kappa shape index (κ1) is 139. The summed E-state index contributed by atoms with van der Waals surface area (Å²) >= 11 is 0. The zero-order valence-electron chi connectivity index (χ0n) is 77.5. The summed E-state index contributed by atoms with van der Waals surface area (Å²) in [6.07, 6.45) is 85.7. The molecule has 0 saturated heterocycles. The molecule has 0 amide bonds. The molecule has 0 saturated carbocycles. The molecule has 0 aliphatic rings. The van der Waals surface area contributed by atoms with E-state index in [4.69, 9.17) is 0 Å². The Kier molecular flexibility index (Phi) is 91.5. The second-order valence-corrected chi connectivity index (χ2v) is 26.6. The van der Waals surface area contributed by atoms with Crippen LogP contribution in [0.5, 0.6) is 0 Å². The van der Waals surface area contributed by atoms with Crippen molar-refractivity contribution in [2.75, 3.05) is 105 Å². The maximum absolute atomic E-state index is 4.22. The molecule has 59 heteroatoms. The van der Waals surface area contributed by atoms with Crippen molar-refractivity contribution in [3.8, 4) is 0 Å². The summed E-state index contributed by atoms with van der Waals surface area (Å²) in [5.74, 6) is 0. The zero-order valence-corrected chi connectivity index (χ0v) is 87.7. The fraction of sp³-hybridized carbons (Fsp3) is 0.273. The molecule has 805 valence electrons. The monoisotopic (exact) mass is 2490 g/mol. The molecule has 0 fully saturated rings. The van der Waals surface area contributed by atoms with Crippen molar-refractivity contribution in [2.45, 2.75) is 51.4 Å². The molecule has 48 nitrogen and oxygen atoms in total. The van der Waals surface area contributed by atoms with Crippen molar-refractivity contribution >= 4 is 99.4 Å². The molecule has 16 aromatic heterocycles. The molecule has 7 radical (unpaired) electrons. The minimum atomic E-state index is 0. The Morgan fingerprint density at radius 1 is 0.156 bits per heavy atom. The van der Waals surface area contributed by atoms with Crippen LogP contribution in [0.3, 0.4) is 0 Å². The van der Waals surface area contributed by atoms with E-state index in [2.05, 4.69) is 239 Å². The van der Waals surface area contributed by atoms with Gasteiger partial charge in [-0.1, -0.05) is 200 Å². The molecule has 0 aliphatic carbocycles. The first-order valence-electron chi connectivity index (χ1n) is 42.4. The Morgan fingerprint density at radius 3 is 0.340 bits per heavy atom. The van der Waals surface area contributed by atoms with Crippen molar-refractivity contribution < 1.29 is 183 Å². The normalized spacial score (nSPS) is 10.9. The average Bonchev–Trinajstić information content (AvgIpc) is 1.85. The van der Waals surface area contributed by atoms with Gasteiger partial charge in [0.25, 0.3) is 0 Å². The van der Waals surface area contributed by atoms with Crippen LogP contribution in [-0.2, 0) is 171 Å². The number of imidazole rings is 16. The summed E-state index contributed by atoms with van der Waals surface area (Å²) in [4.78, 5) is 193. The largest absolute Gasteiger partial charge is 2.00 e. The van der Waals surface area contributed by atoms with E-state index >= 15 is 0 Å². The third kappa shape index (κ3) is 71.7. The number of nitrogens with zero attached hydrogens (tertiary/aromatic N) is 48. The summed E-state index contributed by atoms with van der Waals surface area (Å²) in [6.45, 7) is 11.7. The standard InChI is InChI=1S/8C11H12N6.ClH.10Cu/c8*1(2-12-4-10-6-14-8-16-10)3-13-5-11-7-15-9-17-11;;;;;;;;;;;/h8*4-9H,1-3H2;1H;;;;;;;;;;/q8*-2;;3*+1;7*+2/p-1. The first-order chi connectivity index (χ1) is 67.6. The van der Waals surface area contributed by atoms with Gasteiger partial charge in [0.05, 0.1) is 0 Å². The quantitative estimate of drug-likeness (QED) is 0.0264. The Morgan fingerprint density at radius 2 is 0.259 bits per heavy atom. The van der Waals surface area contributed by atoms with Gasteiger partial charge in [-0.15, -0.1) is 0 Å². The van der Waals surface area contributed by atoms with E-state index in [-0.39, 0.29) is 183 Å². The summed E-state index contributed by atoms with van der Waals surface area (Å²) < 4.78 is 0. The number of hydrogen-bond acceptors (Lipinski definition) is 32. The van der Waals surface area contributed by atoms with Crippen LogP contribution >= 0.6 is 0 Å². The van der Waals surface area contributed by atoms with Gasteiger partial charge < -0.3 is 172 Å². The van der Waals surface area contributed by atoms with E-state index in [9.17, 15) is 0 Å². The molecule has 16 aromatic rings. The molecule has 0 bridgehead atoms. The van der Waals surface area contributed by atoms with E-state index in [1.54, 1.807) is 199 Å². The van der Waals surface area contributed by atoms with Crippen LogP contribution in [0, 0.1) is 0 Å². The minimum Gasteiger partial charge on any atom is -1.00 e. The molecule has 0 atom stereocenters. The van der Waals surface area contributed by atoms with Crippen LogP contribution in [0.1, 0.15) is 142 Å². The van der Waals surface area contributed by atoms with Crippen molar-refractivity contribution in [3.63, 3.8) is 0 Å². The SMILES string of the molecule is C(=NCCCN=Cc1c[n-]cn1)c1c[n-]cn1.C(=NCCCN=Cc1c[n-]cn1)c1c[n-]cn1.C(=NCCCN=Cc1c[n-]cn1)c1c[n-]cn1.C(=NCCCN=Cc1cnc[n-]1)c1c[n-]cn1.C(=NCCCN=Cc1cnc[n-]1)c1cnc[n-]1.C(=NCCCN=Cc1cnc[n-]1)c1cnc[n-]1.C(=NCCCN=Cc1cnc[n-]1)c1cnc[n-]1.C(=NCCCN=Cc1cnc[n-]1)c1cnc[n-]1.[Cl-].[Cu+2].[Cu+2].[Cu+2].[Cu+2].[Cu+2].[Cu+2].[Cu+2].[Cu+].[Cu+].[Cu+]. The van der Waals surface area contributed by atoms with Crippen LogP contribution < -0.4 is 92.2 Å². The van der Waals surface area contributed by atoms with E-state index in [0.29, 0.717) is 0 Å². The van der Waals surface area contributed by atoms with Crippen molar-refractivity contribution in [2.24, 2.45) is 79.9 Å². The molecular formula is C88H96ClCu10N48. The number of hydrogen-bond donors (Lipinski definition) is 0. The minimum absolute atomic E-state index is 0. The van der Waals surface area contributed by atoms with E-state index in [1.807, 2.05) is 0 Å². The Bertz CT molecular complexity index is 4430. The van der Waals surface area contributed by atoms with Gasteiger partial charge in [-0.3, -0.25) is 79.9 Å². The van der Waals surface area contributed by atoms with Gasteiger partial charge in [-0.05, 0) is 142 Å². The number of aromatic nitrogens is 32. The van der Waals surface area contributed by atoms with Gasteiger partial charge >= 0.3 is 171 Å². The summed E-state index contributed by atoms with van der Waals surface area (Å²) in [7, 11) is 0. The number of rotatable bonds is 48. The zero-order chi connectivity index (χ0) is 94.1. The Labute approximate surface area is 960 Å². The summed E-state index contributed by atoms with van der Waals surface area (Å²) in [6, 6.07) is 0. The molecular weight excluding hydrogens is 2400 g/mol. The fourth-order valence-corrected chi connectivity index (χ4v) is 9.51. The van der Waals surface area contributed by atoms with Crippen LogP contribution in [0.4, 0.5) is 0 Å². The van der Waals surface area contributed by atoms with Gasteiger partial charge in [-0.2, -0.15) is 0 Å². The van der Waals surface area contributed by atoms with Crippen molar-refractivity contribution in [1.29, 1.82) is 0 Å². The third-order valence-electron chi connectivity index (χ3n) is 15.9. The topological polar surface area (TPSA) is 630 Å². The second kappa shape index (κ2) is 97.0. The number of aliphatic imine (C=N–C) groups is 16. The summed E-state index contributed by atoms with van der Waals surface area (Å²) in [5.41, 5.74) is 12.7. The Balaban J connectivity index is -0.00000160. The molecule has 0 aromatic carbocycles. The number of halogens is 1. The molecule has 16 heterocycles. The van der Waals surface area contributed by atoms with Gasteiger partial charge in [0, 0.05) is 204 Å². The third-order valence-corrected chi connectivity index (χ3v) is 15.9. The van der Waals surface area contributed by atoms with Gasteiger partial charge in [-0.25, -0.2) is 0 Å².